The van der Waals surface area contributed by atoms with Gasteiger partial charge in [-0.25, -0.2) is 8.42 Å². The van der Waals surface area contributed by atoms with Gasteiger partial charge in [-0.1, -0.05) is 24.3 Å². The Balaban J connectivity index is 2.54. The first-order valence-corrected chi connectivity index (χ1v) is 7.78. The Bertz CT molecular complexity index is 711. The van der Waals surface area contributed by atoms with Crippen LogP contribution in [0.5, 0.6) is 5.75 Å². The molecule has 2 aromatic carbocycles. The van der Waals surface area contributed by atoms with Crippen molar-refractivity contribution in [3.63, 3.8) is 0 Å². The second kappa shape index (κ2) is 5.54. The van der Waals surface area contributed by atoms with E-state index in [1.165, 1.54) is 28.6 Å². The minimum atomic E-state index is -3.68. The highest BCUT2D eigenvalue weighted by Crippen LogP contribution is 2.27. The van der Waals surface area contributed by atoms with E-state index in [-0.39, 0.29) is 10.6 Å². The number of para-hydroxylation sites is 1. The van der Waals surface area contributed by atoms with Crippen LogP contribution in [0.1, 0.15) is 12.5 Å². The fourth-order valence-corrected chi connectivity index (χ4v) is 3.66. The van der Waals surface area contributed by atoms with Crippen molar-refractivity contribution in [2.45, 2.75) is 18.7 Å². The molecule has 0 fully saturated rings. The van der Waals surface area contributed by atoms with E-state index in [2.05, 4.69) is 0 Å². The van der Waals surface area contributed by atoms with Gasteiger partial charge in [0.2, 0.25) is 0 Å². The molecule has 0 saturated carbocycles. The average molecular weight is 291 g/mol. The molecule has 0 aliphatic heterocycles. The summed E-state index contributed by atoms with van der Waals surface area (Å²) >= 11 is 0. The minimum Gasteiger partial charge on any atom is -0.508 e. The van der Waals surface area contributed by atoms with Gasteiger partial charge >= 0.3 is 0 Å². The number of aryl methyl sites for hydroxylation is 1. The molecule has 4 nitrogen and oxygen atoms in total. The van der Waals surface area contributed by atoms with Crippen molar-refractivity contribution in [2.24, 2.45) is 0 Å². The van der Waals surface area contributed by atoms with E-state index in [0.29, 0.717) is 12.2 Å². The standard InChI is InChI=1S/C15H17NO3S/c1-3-16(15-10-5-4-7-12(15)2)20(18,19)14-9-6-8-13(17)11-14/h4-11,17H,3H2,1-2H3. The summed E-state index contributed by atoms with van der Waals surface area (Å²) in [6.07, 6.45) is 0. The summed E-state index contributed by atoms with van der Waals surface area (Å²) in [5.41, 5.74) is 1.54. The number of aromatic hydroxyl groups is 1. The summed E-state index contributed by atoms with van der Waals surface area (Å²) in [7, 11) is -3.68. The lowest BCUT2D eigenvalue weighted by Crippen LogP contribution is -2.31. The number of hydrogen-bond donors (Lipinski definition) is 1. The zero-order valence-electron chi connectivity index (χ0n) is 11.4. The van der Waals surface area contributed by atoms with Crippen LogP contribution in [0.2, 0.25) is 0 Å². The van der Waals surface area contributed by atoms with Gasteiger partial charge in [-0.3, -0.25) is 4.31 Å². The molecular weight excluding hydrogens is 274 g/mol. The van der Waals surface area contributed by atoms with Gasteiger partial charge in [0.25, 0.3) is 10.0 Å². The predicted octanol–water partition coefficient (Wildman–Crippen LogP) is 2.92. The molecule has 0 spiro atoms. The van der Waals surface area contributed by atoms with Crippen LogP contribution in [-0.2, 0) is 10.0 Å². The van der Waals surface area contributed by atoms with Crippen LogP contribution in [-0.4, -0.2) is 20.1 Å². The maximum absolute atomic E-state index is 12.7. The smallest absolute Gasteiger partial charge is 0.264 e. The zero-order chi connectivity index (χ0) is 14.8. The van der Waals surface area contributed by atoms with E-state index in [9.17, 15) is 13.5 Å². The molecule has 1 N–H and O–H groups in total. The number of hydrogen-bond acceptors (Lipinski definition) is 3. The van der Waals surface area contributed by atoms with Crippen LogP contribution < -0.4 is 4.31 Å². The second-order valence-corrected chi connectivity index (χ2v) is 6.32. The molecule has 0 atom stereocenters. The molecule has 0 radical (unpaired) electrons. The number of rotatable bonds is 4. The van der Waals surface area contributed by atoms with Crippen molar-refractivity contribution in [3.05, 3.63) is 54.1 Å². The third kappa shape index (κ3) is 2.63. The number of nitrogens with zero attached hydrogens (tertiary/aromatic N) is 1. The Morgan fingerprint density at radius 1 is 1.10 bits per heavy atom. The molecule has 0 saturated heterocycles. The first kappa shape index (κ1) is 14.4. The lowest BCUT2D eigenvalue weighted by Gasteiger charge is -2.24. The van der Waals surface area contributed by atoms with Crippen molar-refractivity contribution < 1.29 is 13.5 Å². The molecule has 2 rings (SSSR count). The third-order valence-corrected chi connectivity index (χ3v) is 4.96. The van der Waals surface area contributed by atoms with E-state index < -0.39 is 10.0 Å². The van der Waals surface area contributed by atoms with Gasteiger partial charge in [0, 0.05) is 12.6 Å². The maximum Gasteiger partial charge on any atom is 0.264 e. The molecule has 5 heteroatoms. The summed E-state index contributed by atoms with van der Waals surface area (Å²) < 4.78 is 26.7. The van der Waals surface area contributed by atoms with Crippen LogP contribution in [0.15, 0.2) is 53.4 Å². The topological polar surface area (TPSA) is 57.6 Å². The Morgan fingerprint density at radius 2 is 1.80 bits per heavy atom. The quantitative estimate of drug-likeness (QED) is 0.942. The van der Waals surface area contributed by atoms with E-state index in [0.717, 1.165) is 5.56 Å². The highest BCUT2D eigenvalue weighted by molar-refractivity contribution is 7.92. The summed E-state index contributed by atoms with van der Waals surface area (Å²) in [4.78, 5) is 0.0857. The lowest BCUT2D eigenvalue weighted by molar-refractivity contribution is 0.473. The monoisotopic (exact) mass is 291 g/mol. The SMILES string of the molecule is CCN(c1ccccc1C)S(=O)(=O)c1cccc(O)c1. The summed E-state index contributed by atoms with van der Waals surface area (Å²) in [5.74, 6) is -0.0630. The van der Waals surface area contributed by atoms with Crippen LogP contribution in [0.3, 0.4) is 0 Å². The molecule has 0 aromatic heterocycles. The number of phenolic OH excluding ortho intramolecular Hbond substituents is 1. The number of sulfonamides is 1. The highest BCUT2D eigenvalue weighted by Gasteiger charge is 2.24. The highest BCUT2D eigenvalue weighted by atomic mass is 32.2. The normalized spacial score (nSPS) is 11.3. The van der Waals surface area contributed by atoms with Crippen LogP contribution in [0.25, 0.3) is 0 Å². The van der Waals surface area contributed by atoms with Crippen molar-refractivity contribution in [1.29, 1.82) is 0 Å². The fraction of sp³-hybridized carbons (Fsp3) is 0.200. The zero-order valence-corrected chi connectivity index (χ0v) is 12.3. The molecule has 20 heavy (non-hydrogen) atoms. The molecule has 0 aliphatic carbocycles. The largest absolute Gasteiger partial charge is 0.508 e. The molecule has 0 amide bonds. The van der Waals surface area contributed by atoms with E-state index in [1.807, 2.05) is 25.1 Å². The van der Waals surface area contributed by atoms with E-state index >= 15 is 0 Å². The molecule has 106 valence electrons. The van der Waals surface area contributed by atoms with E-state index in [4.69, 9.17) is 0 Å². The Morgan fingerprint density at radius 3 is 2.40 bits per heavy atom. The second-order valence-electron chi connectivity index (χ2n) is 4.45. The van der Waals surface area contributed by atoms with Crippen molar-refractivity contribution in [1.82, 2.24) is 0 Å². The van der Waals surface area contributed by atoms with E-state index in [1.54, 1.807) is 13.0 Å². The number of phenols is 1. The van der Waals surface area contributed by atoms with Gasteiger partial charge in [-0.2, -0.15) is 0 Å². The molecule has 2 aromatic rings. The van der Waals surface area contributed by atoms with Gasteiger partial charge in [0.1, 0.15) is 5.75 Å². The molecule has 0 bridgehead atoms. The Kier molecular flexibility index (Phi) is 3.99. The fourth-order valence-electron chi connectivity index (χ4n) is 2.08. The third-order valence-electron chi connectivity index (χ3n) is 3.08. The average Bonchev–Trinajstić information content (AvgIpc) is 2.41. The summed E-state index contributed by atoms with van der Waals surface area (Å²) in [6, 6.07) is 13.0. The van der Waals surface area contributed by atoms with Gasteiger partial charge in [0.15, 0.2) is 0 Å². The first-order valence-electron chi connectivity index (χ1n) is 6.34. The molecule has 0 heterocycles. The van der Waals surface area contributed by atoms with Crippen LogP contribution >= 0.6 is 0 Å². The van der Waals surface area contributed by atoms with Crippen LogP contribution in [0.4, 0.5) is 5.69 Å². The summed E-state index contributed by atoms with van der Waals surface area (Å²) in [6.45, 7) is 3.98. The van der Waals surface area contributed by atoms with Crippen molar-refractivity contribution >= 4 is 15.7 Å². The van der Waals surface area contributed by atoms with Crippen LogP contribution in [0, 0.1) is 6.92 Å². The predicted molar refractivity (Wildman–Crippen MR) is 79.5 cm³/mol. The summed E-state index contributed by atoms with van der Waals surface area (Å²) in [5, 5.41) is 9.47. The maximum atomic E-state index is 12.7. The van der Waals surface area contributed by atoms with Crippen molar-refractivity contribution in [2.75, 3.05) is 10.8 Å². The lowest BCUT2D eigenvalue weighted by atomic mass is 10.2. The molecule has 0 aliphatic rings. The number of anilines is 1. The molecule has 0 unspecified atom stereocenters. The van der Waals surface area contributed by atoms with Gasteiger partial charge in [-0.15, -0.1) is 0 Å². The minimum absolute atomic E-state index is 0.0630. The van der Waals surface area contributed by atoms with Gasteiger partial charge < -0.3 is 5.11 Å². The Hall–Kier alpha value is -2.01. The Labute approximate surface area is 119 Å². The molecular formula is C15H17NO3S. The number of benzene rings is 2. The van der Waals surface area contributed by atoms with Crippen molar-refractivity contribution in [3.8, 4) is 5.75 Å². The first-order chi connectivity index (χ1) is 9.46. The van der Waals surface area contributed by atoms with Gasteiger partial charge in [0.05, 0.1) is 10.6 Å². The van der Waals surface area contributed by atoms with Gasteiger partial charge in [-0.05, 0) is 37.6 Å².